The molecular weight excluding hydrogens is 230 g/mol. The first kappa shape index (κ1) is 15.4. The zero-order valence-corrected chi connectivity index (χ0v) is 11.4. The van der Waals surface area contributed by atoms with Gasteiger partial charge in [-0.05, 0) is 31.7 Å². The highest BCUT2D eigenvalue weighted by atomic mass is 16.4. The number of hydrogen-bond acceptors (Lipinski definition) is 4. The third kappa shape index (κ3) is 5.80. The minimum Gasteiger partial charge on any atom is -0.481 e. The van der Waals surface area contributed by atoms with Crippen molar-refractivity contribution in [3.8, 4) is 0 Å². The molecule has 0 aliphatic carbocycles. The van der Waals surface area contributed by atoms with Gasteiger partial charge in [0, 0.05) is 38.6 Å². The Morgan fingerprint density at radius 2 is 2.28 bits per heavy atom. The molecule has 0 radical (unpaired) electrons. The molecule has 1 saturated heterocycles. The molecule has 0 aromatic heterocycles. The predicted molar refractivity (Wildman–Crippen MR) is 72.6 cm³/mol. The molecule has 0 saturated carbocycles. The number of likely N-dealkylation sites (tertiary alicyclic amines) is 1. The maximum atomic E-state index is 10.7. The summed E-state index contributed by atoms with van der Waals surface area (Å²) in [6.45, 7) is 6.82. The molecule has 1 aliphatic rings. The Balaban J connectivity index is 2.42. The number of carboxylic acid groups (broad SMARTS) is 1. The molecule has 0 aromatic rings. The van der Waals surface area contributed by atoms with E-state index in [2.05, 4.69) is 17.1 Å². The van der Waals surface area contributed by atoms with Gasteiger partial charge >= 0.3 is 5.97 Å². The number of rotatable bonds is 8. The van der Waals surface area contributed by atoms with E-state index in [1.165, 1.54) is 0 Å². The molecule has 0 spiro atoms. The summed E-state index contributed by atoms with van der Waals surface area (Å²) >= 11 is 0. The molecule has 1 aliphatic heterocycles. The summed E-state index contributed by atoms with van der Waals surface area (Å²) in [5, 5.41) is 12.3. The normalized spacial score (nSPS) is 25.2. The second-order valence-electron chi connectivity index (χ2n) is 5.23. The van der Waals surface area contributed by atoms with Crippen molar-refractivity contribution in [2.45, 2.75) is 38.6 Å². The molecule has 5 nitrogen and oxygen atoms in total. The maximum Gasteiger partial charge on any atom is 0.303 e. The van der Waals surface area contributed by atoms with E-state index in [9.17, 15) is 4.79 Å². The second-order valence-corrected chi connectivity index (χ2v) is 5.23. The average Bonchev–Trinajstić information content (AvgIpc) is 2.34. The lowest BCUT2D eigenvalue weighted by Gasteiger charge is -2.38. The van der Waals surface area contributed by atoms with Gasteiger partial charge in [-0.3, -0.25) is 4.79 Å². The number of carbonyl (C=O) groups is 1. The average molecular weight is 257 g/mol. The molecule has 2 atom stereocenters. The van der Waals surface area contributed by atoms with Crippen molar-refractivity contribution in [2.24, 2.45) is 11.7 Å². The fraction of sp³-hybridized carbons (Fsp3) is 0.923. The Morgan fingerprint density at radius 3 is 2.89 bits per heavy atom. The highest BCUT2D eigenvalue weighted by Gasteiger charge is 2.26. The molecule has 18 heavy (non-hydrogen) atoms. The van der Waals surface area contributed by atoms with Gasteiger partial charge in [0.25, 0.3) is 0 Å². The van der Waals surface area contributed by atoms with Crippen LogP contribution in [0, 0.1) is 5.92 Å². The highest BCUT2D eigenvalue weighted by molar-refractivity contribution is 5.66. The minimum atomic E-state index is -0.691. The number of nitrogens with two attached hydrogens (primary N) is 1. The van der Waals surface area contributed by atoms with Crippen molar-refractivity contribution in [1.29, 1.82) is 0 Å². The lowest BCUT2D eigenvalue weighted by molar-refractivity contribution is -0.137. The Labute approximate surface area is 110 Å². The summed E-state index contributed by atoms with van der Waals surface area (Å²) in [6.07, 6.45) is 3.28. The Morgan fingerprint density at radius 1 is 1.50 bits per heavy atom. The molecule has 0 aromatic carbocycles. The van der Waals surface area contributed by atoms with E-state index < -0.39 is 5.97 Å². The summed E-state index contributed by atoms with van der Waals surface area (Å²) in [7, 11) is 0. The van der Waals surface area contributed by atoms with Crippen molar-refractivity contribution in [1.82, 2.24) is 10.2 Å². The lowest BCUT2D eigenvalue weighted by atomic mass is 9.90. The van der Waals surface area contributed by atoms with E-state index in [4.69, 9.17) is 10.8 Å². The predicted octanol–water partition coefficient (Wildman–Crippen LogP) is 0.500. The SMILES string of the molecule is CCCNC1CC(CCC(=O)O)CN(CCN)C1. The molecule has 1 heterocycles. The topological polar surface area (TPSA) is 78.6 Å². The number of piperidine rings is 1. The van der Waals surface area contributed by atoms with Crippen LogP contribution in [0.4, 0.5) is 0 Å². The van der Waals surface area contributed by atoms with Crippen LogP contribution in [0.25, 0.3) is 0 Å². The van der Waals surface area contributed by atoms with Gasteiger partial charge in [0.15, 0.2) is 0 Å². The van der Waals surface area contributed by atoms with Crippen molar-refractivity contribution in [2.75, 3.05) is 32.7 Å². The Bertz CT molecular complexity index is 248. The van der Waals surface area contributed by atoms with E-state index in [1.807, 2.05) is 0 Å². The van der Waals surface area contributed by atoms with E-state index in [0.29, 0.717) is 18.5 Å². The summed E-state index contributed by atoms with van der Waals surface area (Å²) < 4.78 is 0. The van der Waals surface area contributed by atoms with Crippen molar-refractivity contribution in [3.63, 3.8) is 0 Å². The number of aliphatic carboxylic acids is 1. The minimum absolute atomic E-state index is 0.279. The molecule has 2 unspecified atom stereocenters. The third-order valence-electron chi connectivity index (χ3n) is 3.51. The van der Waals surface area contributed by atoms with Crippen molar-refractivity contribution < 1.29 is 9.90 Å². The smallest absolute Gasteiger partial charge is 0.303 e. The molecular formula is C13H27N3O2. The van der Waals surface area contributed by atoms with Gasteiger partial charge in [-0.15, -0.1) is 0 Å². The standard InChI is InChI=1S/C13H27N3O2/c1-2-6-15-12-8-11(3-4-13(17)18)9-16(10-12)7-5-14/h11-12,15H,2-10,14H2,1H3,(H,17,18). The zero-order valence-electron chi connectivity index (χ0n) is 11.4. The van der Waals surface area contributed by atoms with Crippen LogP contribution in [0.3, 0.4) is 0 Å². The first-order chi connectivity index (χ1) is 8.65. The van der Waals surface area contributed by atoms with E-state index in [0.717, 1.165) is 45.4 Å². The monoisotopic (exact) mass is 257 g/mol. The fourth-order valence-corrected chi connectivity index (χ4v) is 2.70. The lowest BCUT2D eigenvalue weighted by Crippen LogP contribution is -2.50. The zero-order chi connectivity index (χ0) is 13.4. The van der Waals surface area contributed by atoms with Gasteiger partial charge in [0.2, 0.25) is 0 Å². The molecule has 5 heteroatoms. The van der Waals surface area contributed by atoms with Gasteiger partial charge < -0.3 is 21.1 Å². The second kappa shape index (κ2) is 8.45. The molecule has 0 amide bonds. The molecule has 1 rings (SSSR count). The van der Waals surface area contributed by atoms with Crippen LogP contribution in [0.15, 0.2) is 0 Å². The first-order valence-electron chi connectivity index (χ1n) is 7.03. The number of carboxylic acids is 1. The van der Waals surface area contributed by atoms with Crippen LogP contribution in [0.1, 0.15) is 32.6 Å². The van der Waals surface area contributed by atoms with E-state index >= 15 is 0 Å². The van der Waals surface area contributed by atoms with Crippen LogP contribution >= 0.6 is 0 Å². The Hall–Kier alpha value is -0.650. The fourth-order valence-electron chi connectivity index (χ4n) is 2.70. The maximum absolute atomic E-state index is 10.7. The summed E-state index contributed by atoms with van der Waals surface area (Å²) in [6, 6.07) is 0.490. The van der Waals surface area contributed by atoms with Crippen molar-refractivity contribution >= 4 is 5.97 Å². The summed E-state index contributed by atoms with van der Waals surface area (Å²) in [5.74, 6) is -0.209. The van der Waals surface area contributed by atoms with Crippen LogP contribution in [-0.2, 0) is 4.79 Å². The van der Waals surface area contributed by atoms with Gasteiger partial charge in [0.1, 0.15) is 0 Å². The van der Waals surface area contributed by atoms with Crippen LogP contribution in [-0.4, -0.2) is 54.7 Å². The molecule has 1 fully saturated rings. The molecule has 106 valence electrons. The quantitative estimate of drug-likeness (QED) is 0.590. The highest BCUT2D eigenvalue weighted by Crippen LogP contribution is 2.21. The summed E-state index contributed by atoms with van der Waals surface area (Å²) in [5.41, 5.74) is 5.62. The van der Waals surface area contributed by atoms with Gasteiger partial charge in [0.05, 0.1) is 0 Å². The van der Waals surface area contributed by atoms with Gasteiger partial charge in [-0.25, -0.2) is 0 Å². The third-order valence-corrected chi connectivity index (χ3v) is 3.51. The van der Waals surface area contributed by atoms with E-state index in [-0.39, 0.29) is 6.42 Å². The van der Waals surface area contributed by atoms with Gasteiger partial charge in [-0.2, -0.15) is 0 Å². The van der Waals surface area contributed by atoms with Crippen LogP contribution < -0.4 is 11.1 Å². The number of nitrogens with zero attached hydrogens (tertiary/aromatic N) is 1. The van der Waals surface area contributed by atoms with Gasteiger partial charge in [-0.1, -0.05) is 6.92 Å². The summed E-state index contributed by atoms with van der Waals surface area (Å²) in [4.78, 5) is 13.0. The number of hydrogen-bond donors (Lipinski definition) is 3. The number of nitrogens with one attached hydrogen (secondary N) is 1. The van der Waals surface area contributed by atoms with Crippen LogP contribution in [0.5, 0.6) is 0 Å². The molecule has 0 bridgehead atoms. The first-order valence-corrected chi connectivity index (χ1v) is 7.03. The Kier molecular flexibility index (Phi) is 7.23. The van der Waals surface area contributed by atoms with E-state index in [1.54, 1.807) is 0 Å². The largest absolute Gasteiger partial charge is 0.481 e. The van der Waals surface area contributed by atoms with Crippen molar-refractivity contribution in [3.05, 3.63) is 0 Å². The molecule has 4 N–H and O–H groups in total. The van der Waals surface area contributed by atoms with Crippen LogP contribution in [0.2, 0.25) is 0 Å².